The van der Waals surface area contributed by atoms with Gasteiger partial charge in [-0.3, -0.25) is 9.59 Å². The Labute approximate surface area is 157 Å². The summed E-state index contributed by atoms with van der Waals surface area (Å²) in [6.45, 7) is 15.5. The lowest BCUT2D eigenvalue weighted by Gasteiger charge is -2.60. The van der Waals surface area contributed by atoms with Gasteiger partial charge in [-0.25, -0.2) is 0 Å². The monoisotopic (exact) mass is 362 g/mol. The Hall–Kier alpha value is -1.42. The fraction of sp³-hybridized carbons (Fsp3) is 0.727. The van der Waals surface area contributed by atoms with Crippen molar-refractivity contribution in [3.8, 4) is 0 Å². The molecule has 0 aliphatic heterocycles. The maximum absolute atomic E-state index is 12.4. The molecule has 0 aromatic rings. The predicted octanol–water partition coefficient (Wildman–Crippen LogP) is 4.22. The highest BCUT2D eigenvalue weighted by molar-refractivity contribution is 5.92. The van der Waals surface area contributed by atoms with Crippen LogP contribution in [0.1, 0.15) is 67.2 Å². The molecule has 0 aromatic carbocycles. The van der Waals surface area contributed by atoms with Gasteiger partial charge in [-0.1, -0.05) is 32.4 Å². The molecule has 0 aromatic heterocycles. The summed E-state index contributed by atoms with van der Waals surface area (Å²) < 4.78 is 5.74. The standard InChI is InChI=1S/C22H34O4/c1-8-20(5,25)9-10-21(6)14(2)12-19(26-16(4)23)22(7)15(3)11-17(24)13-18(21)22/h8,11,14,18-19,25H,1,9-10,12-13H2,2-7H3. The molecular weight excluding hydrogens is 328 g/mol. The van der Waals surface area contributed by atoms with E-state index in [1.54, 1.807) is 19.1 Å². The van der Waals surface area contributed by atoms with Crippen LogP contribution < -0.4 is 0 Å². The quantitative estimate of drug-likeness (QED) is 0.587. The fourth-order valence-electron chi connectivity index (χ4n) is 5.13. The van der Waals surface area contributed by atoms with E-state index in [1.165, 1.54) is 6.92 Å². The van der Waals surface area contributed by atoms with Crippen molar-refractivity contribution in [1.82, 2.24) is 0 Å². The van der Waals surface area contributed by atoms with Crippen molar-refractivity contribution in [2.75, 3.05) is 0 Å². The summed E-state index contributed by atoms with van der Waals surface area (Å²) in [6.07, 6.45) is 5.70. The molecule has 2 aliphatic carbocycles. The van der Waals surface area contributed by atoms with Gasteiger partial charge in [0.05, 0.1) is 5.60 Å². The van der Waals surface area contributed by atoms with Crippen molar-refractivity contribution in [1.29, 1.82) is 0 Å². The van der Waals surface area contributed by atoms with Gasteiger partial charge < -0.3 is 9.84 Å². The van der Waals surface area contributed by atoms with Crippen molar-refractivity contribution < 1.29 is 19.4 Å². The van der Waals surface area contributed by atoms with Crippen LogP contribution in [-0.4, -0.2) is 28.6 Å². The van der Waals surface area contributed by atoms with E-state index < -0.39 is 5.60 Å². The highest BCUT2D eigenvalue weighted by atomic mass is 16.5. The first-order valence-electron chi connectivity index (χ1n) is 9.61. The summed E-state index contributed by atoms with van der Waals surface area (Å²) in [5, 5.41) is 10.4. The van der Waals surface area contributed by atoms with Crippen LogP contribution in [0.2, 0.25) is 0 Å². The summed E-state index contributed by atoms with van der Waals surface area (Å²) in [6, 6.07) is 0. The highest BCUT2D eigenvalue weighted by Gasteiger charge is 2.60. The van der Waals surface area contributed by atoms with Gasteiger partial charge >= 0.3 is 5.97 Å². The molecule has 6 atom stereocenters. The van der Waals surface area contributed by atoms with Crippen LogP contribution in [0.25, 0.3) is 0 Å². The molecule has 146 valence electrons. The lowest BCUT2D eigenvalue weighted by molar-refractivity contribution is -0.175. The Bertz CT molecular complexity index is 632. The average Bonchev–Trinajstić information content (AvgIpc) is 2.53. The highest BCUT2D eigenvalue weighted by Crippen LogP contribution is 2.62. The van der Waals surface area contributed by atoms with Crippen LogP contribution >= 0.6 is 0 Å². The molecule has 0 saturated heterocycles. The smallest absolute Gasteiger partial charge is 0.302 e. The minimum Gasteiger partial charge on any atom is -0.462 e. The summed E-state index contributed by atoms with van der Waals surface area (Å²) in [7, 11) is 0. The van der Waals surface area contributed by atoms with Crippen molar-refractivity contribution in [3.63, 3.8) is 0 Å². The van der Waals surface area contributed by atoms with Gasteiger partial charge in [0.2, 0.25) is 0 Å². The number of esters is 1. The zero-order chi connectivity index (χ0) is 19.9. The third-order valence-electron chi connectivity index (χ3n) is 7.43. The second-order valence-electron chi connectivity index (χ2n) is 9.14. The van der Waals surface area contributed by atoms with Crippen molar-refractivity contribution >= 4 is 11.8 Å². The normalized spacial score (nSPS) is 39.4. The molecule has 2 rings (SSSR count). The number of allylic oxidation sites excluding steroid dienone is 1. The second-order valence-corrected chi connectivity index (χ2v) is 9.14. The fourth-order valence-corrected chi connectivity index (χ4v) is 5.13. The van der Waals surface area contributed by atoms with Crippen molar-refractivity contribution in [3.05, 3.63) is 24.3 Å². The van der Waals surface area contributed by atoms with Gasteiger partial charge in [0, 0.05) is 18.8 Å². The van der Waals surface area contributed by atoms with E-state index in [2.05, 4.69) is 27.4 Å². The molecule has 4 nitrogen and oxygen atoms in total. The number of hydrogen-bond donors (Lipinski definition) is 1. The second kappa shape index (κ2) is 6.95. The molecule has 0 radical (unpaired) electrons. The van der Waals surface area contributed by atoms with Gasteiger partial charge in [0.1, 0.15) is 6.10 Å². The lowest BCUT2D eigenvalue weighted by atomic mass is 9.45. The SMILES string of the molecule is C=CC(C)(O)CCC1(C)C(C)CC(OC(C)=O)C2(C)C(C)=CC(=O)CC12. The largest absolute Gasteiger partial charge is 0.462 e. The van der Waals surface area contributed by atoms with Gasteiger partial charge in [-0.05, 0) is 56.4 Å². The van der Waals surface area contributed by atoms with Crippen LogP contribution in [0.5, 0.6) is 0 Å². The number of aliphatic hydroxyl groups is 1. The van der Waals surface area contributed by atoms with E-state index in [-0.39, 0.29) is 40.5 Å². The number of rotatable bonds is 5. The molecule has 26 heavy (non-hydrogen) atoms. The van der Waals surface area contributed by atoms with Gasteiger partial charge in [0.25, 0.3) is 0 Å². The number of hydrogen-bond acceptors (Lipinski definition) is 4. The first kappa shape index (κ1) is 20.9. The molecular formula is C22H34O4. The Morgan fingerprint density at radius 1 is 1.50 bits per heavy atom. The number of ether oxygens (including phenoxy) is 1. The van der Waals surface area contributed by atoms with Crippen molar-refractivity contribution in [2.24, 2.45) is 22.7 Å². The third-order valence-corrected chi connectivity index (χ3v) is 7.43. The van der Waals surface area contributed by atoms with Crippen LogP contribution in [0.15, 0.2) is 24.3 Å². The van der Waals surface area contributed by atoms with Gasteiger partial charge in [0.15, 0.2) is 5.78 Å². The minimum absolute atomic E-state index is 0.0706. The van der Waals surface area contributed by atoms with Crippen LogP contribution in [0.4, 0.5) is 0 Å². The number of fused-ring (bicyclic) bond motifs is 1. The summed E-state index contributed by atoms with van der Waals surface area (Å²) in [5.74, 6) is 0.206. The number of ketones is 1. The number of carbonyl (C=O) groups is 2. The first-order valence-corrected chi connectivity index (χ1v) is 9.61. The molecule has 1 saturated carbocycles. The molecule has 4 heteroatoms. The number of carbonyl (C=O) groups excluding carboxylic acids is 2. The van der Waals surface area contributed by atoms with E-state index in [4.69, 9.17) is 4.74 Å². The van der Waals surface area contributed by atoms with E-state index in [9.17, 15) is 14.7 Å². The summed E-state index contributed by atoms with van der Waals surface area (Å²) in [5.41, 5.74) is -0.418. The molecule has 0 heterocycles. The molecule has 6 unspecified atom stereocenters. The Morgan fingerprint density at radius 3 is 2.65 bits per heavy atom. The molecule has 2 aliphatic rings. The summed E-state index contributed by atoms with van der Waals surface area (Å²) >= 11 is 0. The molecule has 0 spiro atoms. The van der Waals surface area contributed by atoms with Crippen LogP contribution in [-0.2, 0) is 14.3 Å². The topological polar surface area (TPSA) is 63.6 Å². The summed E-state index contributed by atoms with van der Waals surface area (Å²) in [4.78, 5) is 24.1. The molecule has 0 bridgehead atoms. The minimum atomic E-state index is -0.921. The van der Waals surface area contributed by atoms with Crippen molar-refractivity contribution in [2.45, 2.75) is 78.9 Å². The predicted molar refractivity (Wildman–Crippen MR) is 102 cm³/mol. The molecule has 1 N–H and O–H groups in total. The first-order chi connectivity index (χ1) is 11.9. The maximum Gasteiger partial charge on any atom is 0.302 e. The Balaban J connectivity index is 2.46. The van der Waals surface area contributed by atoms with E-state index in [0.717, 1.165) is 18.4 Å². The van der Waals surface area contributed by atoms with E-state index in [1.807, 2.05) is 6.92 Å². The zero-order valence-electron chi connectivity index (χ0n) is 17.1. The average molecular weight is 363 g/mol. The van der Waals surface area contributed by atoms with E-state index >= 15 is 0 Å². The molecule has 0 amide bonds. The van der Waals surface area contributed by atoms with E-state index in [0.29, 0.717) is 12.8 Å². The zero-order valence-corrected chi connectivity index (χ0v) is 17.1. The molecule has 1 fully saturated rings. The Kier molecular flexibility index (Phi) is 5.59. The third kappa shape index (κ3) is 3.53. The van der Waals surface area contributed by atoms with Gasteiger partial charge in [-0.15, -0.1) is 6.58 Å². The van der Waals surface area contributed by atoms with Crippen LogP contribution in [0.3, 0.4) is 0 Å². The lowest BCUT2D eigenvalue weighted by Crippen LogP contribution is -2.58. The Morgan fingerprint density at radius 2 is 2.12 bits per heavy atom. The maximum atomic E-state index is 12.4. The van der Waals surface area contributed by atoms with Crippen LogP contribution in [0, 0.1) is 22.7 Å². The van der Waals surface area contributed by atoms with Gasteiger partial charge in [-0.2, -0.15) is 0 Å².